The van der Waals surface area contributed by atoms with Crippen molar-refractivity contribution >= 4 is 5.97 Å². The van der Waals surface area contributed by atoms with Gasteiger partial charge in [0, 0.05) is 12.8 Å². The average Bonchev–Trinajstić information content (AvgIpc) is 3.35. The summed E-state index contributed by atoms with van der Waals surface area (Å²) in [5.74, 6) is -0.640. The lowest BCUT2D eigenvalue weighted by atomic mass is 9.85. The second kappa shape index (κ2) is 15.1. The van der Waals surface area contributed by atoms with Gasteiger partial charge in [-0.1, -0.05) is 58.6 Å². The molecule has 2 aliphatic rings. The molecular formula is C27H48O6. The number of hydrogen-bond acceptors (Lipinski definition) is 6. The Hall–Kier alpha value is -0.950. The number of aliphatic hydroxyl groups excluding tert-OH is 2. The van der Waals surface area contributed by atoms with Gasteiger partial charge >= 0.3 is 5.97 Å². The predicted octanol–water partition coefficient (Wildman–Crippen LogP) is 5.15. The third kappa shape index (κ3) is 9.67. The summed E-state index contributed by atoms with van der Waals surface area (Å²) in [7, 11) is 0. The number of aliphatic hydroxyl groups is 2. The van der Waals surface area contributed by atoms with E-state index >= 15 is 0 Å². The van der Waals surface area contributed by atoms with Crippen LogP contribution in [-0.4, -0.2) is 54.0 Å². The van der Waals surface area contributed by atoms with Gasteiger partial charge in [0.25, 0.3) is 0 Å². The predicted molar refractivity (Wildman–Crippen MR) is 130 cm³/mol. The second-order valence-electron chi connectivity index (χ2n) is 10.2. The molecule has 0 amide bonds. The molecule has 0 spiro atoms. The molecule has 1 aliphatic carbocycles. The minimum absolute atomic E-state index is 0.0537. The molecule has 0 bridgehead atoms. The van der Waals surface area contributed by atoms with E-state index in [1.165, 1.54) is 25.7 Å². The lowest BCUT2D eigenvalue weighted by molar-refractivity contribution is -0.171. The van der Waals surface area contributed by atoms with Crippen LogP contribution in [-0.2, 0) is 19.0 Å². The Morgan fingerprint density at radius 1 is 1.00 bits per heavy atom. The Morgan fingerprint density at radius 2 is 1.70 bits per heavy atom. The van der Waals surface area contributed by atoms with Crippen LogP contribution in [0, 0.1) is 17.8 Å². The molecule has 6 heteroatoms. The highest BCUT2D eigenvalue weighted by Crippen LogP contribution is 2.41. The fraction of sp³-hybridized carbons (Fsp3) is 0.889. The molecule has 1 heterocycles. The van der Waals surface area contributed by atoms with Crippen molar-refractivity contribution in [2.75, 3.05) is 19.8 Å². The maximum atomic E-state index is 11.5. The normalized spacial score (nSPS) is 27.1. The minimum atomic E-state index is -0.507. The maximum absolute atomic E-state index is 11.5. The van der Waals surface area contributed by atoms with Crippen LogP contribution < -0.4 is 0 Å². The molecule has 0 aromatic heterocycles. The number of carbonyl (C=O) groups is 1. The zero-order chi connectivity index (χ0) is 24.1. The van der Waals surface area contributed by atoms with E-state index in [0.29, 0.717) is 26.2 Å². The van der Waals surface area contributed by atoms with Gasteiger partial charge in [-0.25, -0.2) is 0 Å². The van der Waals surface area contributed by atoms with Gasteiger partial charge < -0.3 is 24.4 Å². The summed E-state index contributed by atoms with van der Waals surface area (Å²) >= 11 is 0. The van der Waals surface area contributed by atoms with Crippen LogP contribution >= 0.6 is 0 Å². The molecular weight excluding hydrogens is 420 g/mol. The number of ether oxygens (including phenoxy) is 3. The van der Waals surface area contributed by atoms with E-state index < -0.39 is 18.0 Å². The zero-order valence-corrected chi connectivity index (χ0v) is 21.2. The Morgan fingerprint density at radius 3 is 2.39 bits per heavy atom. The smallest absolute Gasteiger partial charge is 0.308 e. The monoisotopic (exact) mass is 468 g/mol. The molecule has 0 aromatic rings. The molecule has 1 saturated heterocycles. The molecule has 2 fully saturated rings. The minimum Gasteiger partial charge on any atom is -0.465 e. The topological polar surface area (TPSA) is 85.2 Å². The summed E-state index contributed by atoms with van der Waals surface area (Å²) in [5.41, 5.74) is 0. The first kappa shape index (κ1) is 28.3. The summed E-state index contributed by atoms with van der Waals surface area (Å²) in [5, 5.41) is 21.2. The van der Waals surface area contributed by atoms with E-state index in [-0.39, 0.29) is 23.7 Å². The number of esters is 1. The number of allylic oxidation sites excluding steroid dienone is 2. The summed E-state index contributed by atoms with van der Waals surface area (Å²) in [6.07, 6.45) is 14.7. The molecule has 0 aromatic carbocycles. The Labute approximate surface area is 201 Å². The Kier molecular flexibility index (Phi) is 13.0. The van der Waals surface area contributed by atoms with Gasteiger partial charge in [0.1, 0.15) is 0 Å². The van der Waals surface area contributed by atoms with Gasteiger partial charge in [0.2, 0.25) is 0 Å². The Bertz CT molecular complexity index is 569. The van der Waals surface area contributed by atoms with Gasteiger partial charge in [-0.3, -0.25) is 4.79 Å². The van der Waals surface area contributed by atoms with Crippen LogP contribution in [0.4, 0.5) is 0 Å². The average molecular weight is 469 g/mol. The van der Waals surface area contributed by atoms with Crippen LogP contribution in [0.5, 0.6) is 0 Å². The fourth-order valence-electron chi connectivity index (χ4n) is 5.11. The lowest BCUT2D eigenvalue weighted by Crippen LogP contribution is -2.33. The van der Waals surface area contributed by atoms with Gasteiger partial charge in [-0.05, 0) is 50.4 Å². The van der Waals surface area contributed by atoms with Crippen molar-refractivity contribution in [2.24, 2.45) is 17.8 Å². The van der Waals surface area contributed by atoms with Crippen LogP contribution in [0.15, 0.2) is 12.2 Å². The highest BCUT2D eigenvalue weighted by Gasteiger charge is 2.43. The molecule has 0 unspecified atom stereocenters. The lowest BCUT2D eigenvalue weighted by Gasteiger charge is -2.31. The molecule has 2 rings (SSSR count). The number of hydrogen-bond donors (Lipinski definition) is 2. The molecule has 192 valence electrons. The van der Waals surface area contributed by atoms with Crippen LogP contribution in [0.1, 0.15) is 97.8 Å². The zero-order valence-electron chi connectivity index (χ0n) is 21.2. The van der Waals surface area contributed by atoms with E-state index in [9.17, 15) is 15.0 Å². The second-order valence-corrected chi connectivity index (χ2v) is 10.2. The highest BCUT2D eigenvalue weighted by atomic mass is 16.7. The summed E-state index contributed by atoms with van der Waals surface area (Å²) in [4.78, 5) is 11.5. The van der Waals surface area contributed by atoms with Crippen LogP contribution in [0.2, 0.25) is 0 Å². The number of unbranched alkanes of at least 4 members (excludes halogenated alkanes) is 5. The quantitative estimate of drug-likeness (QED) is 0.185. The fourth-order valence-corrected chi connectivity index (χ4v) is 5.11. The van der Waals surface area contributed by atoms with E-state index in [4.69, 9.17) is 14.2 Å². The van der Waals surface area contributed by atoms with Gasteiger partial charge in [0.15, 0.2) is 5.79 Å². The summed E-state index contributed by atoms with van der Waals surface area (Å²) in [6.45, 7) is 7.62. The first-order valence-electron chi connectivity index (χ1n) is 13.3. The molecule has 0 radical (unpaired) electrons. The van der Waals surface area contributed by atoms with Crippen molar-refractivity contribution in [1.29, 1.82) is 0 Å². The van der Waals surface area contributed by atoms with E-state index in [1.807, 2.05) is 13.8 Å². The number of rotatable bonds is 16. The molecule has 2 N–H and O–H groups in total. The third-order valence-electron chi connectivity index (χ3n) is 7.16. The highest BCUT2D eigenvalue weighted by molar-refractivity contribution is 5.71. The Balaban J connectivity index is 1.77. The molecule has 1 aliphatic heterocycles. The van der Waals surface area contributed by atoms with Crippen molar-refractivity contribution in [1.82, 2.24) is 0 Å². The molecule has 33 heavy (non-hydrogen) atoms. The van der Waals surface area contributed by atoms with Crippen molar-refractivity contribution in [2.45, 2.75) is 116 Å². The van der Waals surface area contributed by atoms with Gasteiger partial charge in [-0.2, -0.15) is 0 Å². The first-order chi connectivity index (χ1) is 15.9. The van der Waals surface area contributed by atoms with Crippen molar-refractivity contribution in [3.8, 4) is 0 Å². The SMILES string of the molecule is CCCCCCCC1(CC[C@@H]2[C@@H](C/C=C\CCCOC(=O)C(C)C)[C@@H](O)C[C@H]2O)OCCO1. The molecule has 6 nitrogen and oxygen atoms in total. The largest absolute Gasteiger partial charge is 0.465 e. The van der Waals surface area contributed by atoms with Crippen molar-refractivity contribution in [3.05, 3.63) is 12.2 Å². The van der Waals surface area contributed by atoms with Gasteiger partial charge in [0.05, 0.1) is 37.9 Å². The van der Waals surface area contributed by atoms with Crippen molar-refractivity contribution in [3.63, 3.8) is 0 Å². The van der Waals surface area contributed by atoms with Crippen LogP contribution in [0.25, 0.3) is 0 Å². The summed E-state index contributed by atoms with van der Waals surface area (Å²) in [6, 6.07) is 0. The standard InChI is InChI=1S/C27H48O6/c1-4-5-6-8-11-15-27(32-18-19-33-27)16-14-23-22(24(28)20-25(23)29)13-10-7-9-12-17-31-26(30)21(2)3/h7,10,21-25,28-29H,4-6,8-9,11-20H2,1-3H3/b10-7-/t22-,23-,24+,25-/m1/s1. The molecule has 4 atom stereocenters. The van der Waals surface area contributed by atoms with E-state index in [1.54, 1.807) is 0 Å². The molecule has 1 saturated carbocycles. The van der Waals surface area contributed by atoms with E-state index in [2.05, 4.69) is 19.1 Å². The summed E-state index contributed by atoms with van der Waals surface area (Å²) < 4.78 is 17.3. The number of carbonyl (C=O) groups excluding carboxylic acids is 1. The van der Waals surface area contributed by atoms with E-state index in [0.717, 1.165) is 44.9 Å². The maximum Gasteiger partial charge on any atom is 0.308 e. The third-order valence-corrected chi connectivity index (χ3v) is 7.16. The van der Waals surface area contributed by atoms with Gasteiger partial charge in [-0.15, -0.1) is 0 Å². The van der Waals surface area contributed by atoms with Crippen molar-refractivity contribution < 1.29 is 29.2 Å². The van der Waals surface area contributed by atoms with Crippen LogP contribution in [0.3, 0.4) is 0 Å². The first-order valence-corrected chi connectivity index (χ1v) is 13.3.